The monoisotopic (exact) mass is 191 g/mol. The summed E-state index contributed by atoms with van der Waals surface area (Å²) in [4.78, 5) is 19.8. The average Bonchev–Trinajstić information content (AvgIpc) is 2.03. The first-order valence-electron chi connectivity index (χ1n) is 3.07. The van der Waals surface area contributed by atoms with Gasteiger partial charge in [-0.2, -0.15) is 0 Å². The van der Waals surface area contributed by atoms with Crippen molar-refractivity contribution in [1.29, 1.82) is 0 Å². The molecule has 0 unspecified atom stereocenters. The van der Waals surface area contributed by atoms with Gasteiger partial charge in [-0.1, -0.05) is 0 Å². The van der Waals surface area contributed by atoms with Gasteiger partial charge < -0.3 is 5.11 Å². The number of aldehydes is 1. The standard InChI is InChI=1S/C7H5NO4.Na.H/c9-4-5-3-6(10)1-2-7(5)8(11)12;;/h1-4,10H;;. The van der Waals surface area contributed by atoms with Crippen LogP contribution in [0.4, 0.5) is 5.69 Å². The number of nitro groups is 1. The molecule has 0 aliphatic rings. The van der Waals surface area contributed by atoms with E-state index in [1.165, 1.54) is 0 Å². The second-order valence-electron chi connectivity index (χ2n) is 2.12. The van der Waals surface area contributed by atoms with Crippen molar-refractivity contribution < 1.29 is 14.8 Å². The number of phenolic OH excluding ortho intramolecular Hbond substituents is 1. The SMILES string of the molecule is O=Cc1cc(O)ccc1[N+](=O)[O-].[NaH]. The van der Waals surface area contributed by atoms with E-state index in [4.69, 9.17) is 5.11 Å². The van der Waals surface area contributed by atoms with Gasteiger partial charge in [-0.15, -0.1) is 0 Å². The Hall–Kier alpha value is -0.910. The van der Waals surface area contributed by atoms with Gasteiger partial charge in [0.05, 0.1) is 10.5 Å². The molecule has 1 aromatic rings. The number of phenols is 1. The van der Waals surface area contributed by atoms with Crippen LogP contribution < -0.4 is 0 Å². The van der Waals surface area contributed by atoms with Gasteiger partial charge in [-0.05, 0) is 12.1 Å². The first-order valence-corrected chi connectivity index (χ1v) is 3.07. The number of carbonyl (C=O) groups excluding carboxylic acids is 1. The Kier molecular flexibility index (Phi) is 4.61. The zero-order chi connectivity index (χ0) is 9.14. The Balaban J connectivity index is 0.00000144. The van der Waals surface area contributed by atoms with E-state index in [1.54, 1.807) is 0 Å². The van der Waals surface area contributed by atoms with Gasteiger partial charge in [0.25, 0.3) is 5.69 Å². The van der Waals surface area contributed by atoms with E-state index in [2.05, 4.69) is 0 Å². The molecular weight excluding hydrogens is 185 g/mol. The van der Waals surface area contributed by atoms with E-state index in [9.17, 15) is 14.9 Å². The fraction of sp³-hybridized carbons (Fsp3) is 0. The normalized spacial score (nSPS) is 8.62. The van der Waals surface area contributed by atoms with E-state index < -0.39 is 4.92 Å². The van der Waals surface area contributed by atoms with Crippen molar-refractivity contribution in [3.05, 3.63) is 33.9 Å². The molecule has 1 rings (SSSR count). The van der Waals surface area contributed by atoms with Crippen LogP contribution in [0.2, 0.25) is 0 Å². The summed E-state index contributed by atoms with van der Waals surface area (Å²) in [6.45, 7) is 0. The second kappa shape index (κ2) is 4.96. The topological polar surface area (TPSA) is 80.4 Å². The summed E-state index contributed by atoms with van der Waals surface area (Å²) >= 11 is 0. The molecule has 0 spiro atoms. The molecule has 0 heterocycles. The number of carbonyl (C=O) groups is 1. The molecule has 64 valence electrons. The van der Waals surface area contributed by atoms with Gasteiger partial charge in [0.1, 0.15) is 5.75 Å². The van der Waals surface area contributed by atoms with Gasteiger partial charge in [-0.3, -0.25) is 14.9 Å². The molecule has 6 heteroatoms. The molecule has 0 saturated heterocycles. The summed E-state index contributed by atoms with van der Waals surface area (Å²) in [6.07, 6.45) is 0.331. The Labute approximate surface area is 95.8 Å². The van der Waals surface area contributed by atoms with Crippen LogP contribution in [0.3, 0.4) is 0 Å². The van der Waals surface area contributed by atoms with Crippen LogP contribution >= 0.6 is 0 Å². The van der Waals surface area contributed by atoms with E-state index >= 15 is 0 Å². The molecule has 0 radical (unpaired) electrons. The fourth-order valence-corrected chi connectivity index (χ4v) is 0.803. The number of benzene rings is 1. The molecule has 0 bridgehead atoms. The first kappa shape index (κ1) is 12.1. The van der Waals surface area contributed by atoms with E-state index in [0.717, 1.165) is 18.2 Å². The molecule has 13 heavy (non-hydrogen) atoms. The molecule has 0 atom stereocenters. The fourth-order valence-electron chi connectivity index (χ4n) is 0.803. The maximum atomic E-state index is 10.3. The quantitative estimate of drug-likeness (QED) is 0.319. The van der Waals surface area contributed by atoms with Gasteiger partial charge >= 0.3 is 29.6 Å². The Morgan fingerprint density at radius 1 is 1.46 bits per heavy atom. The van der Waals surface area contributed by atoms with Crippen LogP contribution in [0, 0.1) is 10.1 Å². The Morgan fingerprint density at radius 2 is 2.08 bits per heavy atom. The summed E-state index contributed by atoms with van der Waals surface area (Å²) in [7, 11) is 0. The van der Waals surface area contributed by atoms with Crippen molar-refractivity contribution in [1.82, 2.24) is 0 Å². The van der Waals surface area contributed by atoms with E-state index in [-0.39, 0.29) is 46.6 Å². The van der Waals surface area contributed by atoms with E-state index in [0.29, 0.717) is 6.29 Å². The molecular formula is C7H6NNaO4. The Bertz CT molecular complexity index is 339. The minimum absolute atomic E-state index is 0. The molecule has 0 aliphatic heterocycles. The zero-order valence-electron chi connectivity index (χ0n) is 5.93. The average molecular weight is 191 g/mol. The van der Waals surface area contributed by atoms with Crippen molar-refractivity contribution in [3.8, 4) is 5.75 Å². The summed E-state index contributed by atoms with van der Waals surface area (Å²) < 4.78 is 0. The van der Waals surface area contributed by atoms with Crippen LogP contribution in [0.1, 0.15) is 10.4 Å². The van der Waals surface area contributed by atoms with E-state index in [1.807, 2.05) is 0 Å². The summed E-state index contributed by atoms with van der Waals surface area (Å²) in [6, 6.07) is 3.29. The van der Waals surface area contributed by atoms with Gasteiger partial charge in [-0.25, -0.2) is 0 Å². The molecule has 0 aliphatic carbocycles. The minimum atomic E-state index is -0.677. The van der Waals surface area contributed by atoms with Crippen LogP contribution in [0.5, 0.6) is 5.75 Å². The van der Waals surface area contributed by atoms with Crippen molar-refractivity contribution >= 4 is 41.5 Å². The van der Waals surface area contributed by atoms with Crippen LogP contribution in [0.25, 0.3) is 0 Å². The maximum absolute atomic E-state index is 10.3. The third-order valence-electron chi connectivity index (χ3n) is 1.33. The number of nitrogens with zero attached hydrogens (tertiary/aromatic N) is 1. The predicted octanol–water partition coefficient (Wildman–Crippen LogP) is 0.464. The van der Waals surface area contributed by atoms with Gasteiger partial charge in [0, 0.05) is 6.07 Å². The zero-order valence-corrected chi connectivity index (χ0v) is 5.93. The number of hydrogen-bond acceptors (Lipinski definition) is 4. The summed E-state index contributed by atoms with van der Waals surface area (Å²) in [5.41, 5.74) is -0.428. The molecule has 1 N–H and O–H groups in total. The molecule has 0 aromatic heterocycles. The first-order chi connectivity index (χ1) is 5.65. The molecule has 5 nitrogen and oxygen atoms in total. The van der Waals surface area contributed by atoms with Crippen LogP contribution in [-0.2, 0) is 0 Å². The second-order valence-corrected chi connectivity index (χ2v) is 2.12. The number of nitro benzene ring substituents is 1. The third kappa shape index (κ3) is 2.80. The predicted molar refractivity (Wildman–Crippen MR) is 47.3 cm³/mol. The van der Waals surface area contributed by atoms with Crippen molar-refractivity contribution in [2.45, 2.75) is 0 Å². The summed E-state index contributed by atoms with van der Waals surface area (Å²) in [5, 5.41) is 19.1. The third-order valence-corrected chi connectivity index (χ3v) is 1.33. The molecule has 0 fully saturated rings. The number of hydrogen-bond donors (Lipinski definition) is 1. The summed E-state index contributed by atoms with van der Waals surface area (Å²) in [5.74, 6) is -0.164. The number of aromatic hydroxyl groups is 1. The molecule has 0 amide bonds. The van der Waals surface area contributed by atoms with Gasteiger partial charge in [0.15, 0.2) is 6.29 Å². The van der Waals surface area contributed by atoms with Gasteiger partial charge in [0.2, 0.25) is 0 Å². The van der Waals surface area contributed by atoms with Crippen LogP contribution in [0.15, 0.2) is 18.2 Å². The Morgan fingerprint density at radius 3 is 2.54 bits per heavy atom. The van der Waals surface area contributed by atoms with Crippen molar-refractivity contribution in [3.63, 3.8) is 0 Å². The molecule has 0 saturated carbocycles. The van der Waals surface area contributed by atoms with Crippen LogP contribution in [-0.4, -0.2) is 45.9 Å². The van der Waals surface area contributed by atoms with Crippen molar-refractivity contribution in [2.75, 3.05) is 0 Å². The van der Waals surface area contributed by atoms with Crippen molar-refractivity contribution in [2.24, 2.45) is 0 Å². The number of rotatable bonds is 2. The molecule has 1 aromatic carbocycles.